The van der Waals surface area contributed by atoms with E-state index in [2.05, 4.69) is 11.4 Å². The number of anilines is 1. The molecule has 1 atom stereocenters. The molecule has 4 nitrogen and oxygen atoms in total. The van der Waals surface area contributed by atoms with Gasteiger partial charge in [0.2, 0.25) is 11.7 Å². The Bertz CT molecular complexity index is 839. The van der Waals surface area contributed by atoms with E-state index >= 15 is 0 Å². The van der Waals surface area contributed by atoms with Crippen LogP contribution in [0.5, 0.6) is 0 Å². The summed E-state index contributed by atoms with van der Waals surface area (Å²) in [5.74, 6) is -0.131. The molecule has 116 valence electrons. The second-order valence-electron chi connectivity index (χ2n) is 5.42. The standard InChI is InChI=1S/C19H17NO3/c1-13(21)20-18-15-9-5-6-10-17(15)23-19(18)16(22)12-11-14-7-3-2-4-8-14/h2-7,9-12,14H,8H2,1H3,(H,20,21)/b12-11+. The van der Waals surface area contributed by atoms with Gasteiger partial charge in [0.15, 0.2) is 5.76 Å². The van der Waals surface area contributed by atoms with Gasteiger partial charge in [-0.3, -0.25) is 9.59 Å². The predicted octanol–water partition coefficient (Wildman–Crippen LogP) is 4.26. The van der Waals surface area contributed by atoms with Crippen LogP contribution in [0.3, 0.4) is 0 Å². The van der Waals surface area contributed by atoms with Crippen molar-refractivity contribution in [2.75, 3.05) is 5.32 Å². The number of allylic oxidation sites excluding steroid dienone is 6. The highest BCUT2D eigenvalue weighted by atomic mass is 16.3. The van der Waals surface area contributed by atoms with Crippen LogP contribution in [0, 0.1) is 5.92 Å². The Morgan fingerprint density at radius 2 is 2.09 bits per heavy atom. The quantitative estimate of drug-likeness (QED) is 0.678. The van der Waals surface area contributed by atoms with E-state index in [0.717, 1.165) is 11.8 Å². The van der Waals surface area contributed by atoms with E-state index in [4.69, 9.17) is 4.42 Å². The normalized spacial score (nSPS) is 17.0. The van der Waals surface area contributed by atoms with Gasteiger partial charge < -0.3 is 9.73 Å². The van der Waals surface area contributed by atoms with Gasteiger partial charge in [-0.2, -0.15) is 0 Å². The number of fused-ring (bicyclic) bond motifs is 1. The number of carbonyl (C=O) groups excluding carboxylic acids is 2. The molecule has 1 aliphatic rings. The van der Waals surface area contributed by atoms with E-state index in [-0.39, 0.29) is 23.4 Å². The minimum atomic E-state index is -0.257. The molecule has 0 radical (unpaired) electrons. The summed E-state index contributed by atoms with van der Waals surface area (Å²) >= 11 is 0. The van der Waals surface area contributed by atoms with Crippen molar-refractivity contribution >= 4 is 28.3 Å². The van der Waals surface area contributed by atoms with Gasteiger partial charge in [0.05, 0.1) is 5.69 Å². The molecule has 0 saturated carbocycles. The van der Waals surface area contributed by atoms with Crippen LogP contribution in [-0.2, 0) is 4.79 Å². The van der Waals surface area contributed by atoms with Crippen LogP contribution < -0.4 is 5.32 Å². The summed E-state index contributed by atoms with van der Waals surface area (Å²) in [4.78, 5) is 23.9. The van der Waals surface area contributed by atoms with Crippen LogP contribution in [0.25, 0.3) is 11.0 Å². The molecule has 1 aromatic heterocycles. The lowest BCUT2D eigenvalue weighted by molar-refractivity contribution is -0.114. The first kappa shape index (κ1) is 15.0. The first-order valence-corrected chi connectivity index (χ1v) is 7.50. The molecule has 0 bridgehead atoms. The summed E-state index contributed by atoms with van der Waals surface area (Å²) in [5.41, 5.74) is 1.01. The highest BCUT2D eigenvalue weighted by molar-refractivity contribution is 6.14. The van der Waals surface area contributed by atoms with Crippen molar-refractivity contribution in [1.29, 1.82) is 0 Å². The van der Waals surface area contributed by atoms with Crippen LogP contribution in [0.1, 0.15) is 23.9 Å². The van der Waals surface area contributed by atoms with Gasteiger partial charge in [0, 0.05) is 12.3 Å². The largest absolute Gasteiger partial charge is 0.450 e. The molecular formula is C19H17NO3. The van der Waals surface area contributed by atoms with E-state index in [1.165, 1.54) is 13.0 Å². The van der Waals surface area contributed by atoms with Crippen LogP contribution in [0.4, 0.5) is 5.69 Å². The molecule has 0 fully saturated rings. The van der Waals surface area contributed by atoms with Crippen LogP contribution in [0.15, 0.2) is 65.1 Å². The van der Waals surface area contributed by atoms with Gasteiger partial charge in [0.1, 0.15) is 5.58 Å². The molecule has 0 aliphatic heterocycles. The molecular weight excluding hydrogens is 290 g/mol. The highest BCUT2D eigenvalue weighted by Crippen LogP contribution is 2.31. The Balaban J connectivity index is 1.92. The number of furan rings is 1. The molecule has 1 aliphatic carbocycles. The Morgan fingerprint density at radius 3 is 2.83 bits per heavy atom. The van der Waals surface area contributed by atoms with Crippen LogP contribution in [0.2, 0.25) is 0 Å². The van der Waals surface area contributed by atoms with Crippen molar-refractivity contribution in [3.63, 3.8) is 0 Å². The zero-order valence-electron chi connectivity index (χ0n) is 12.8. The number of para-hydroxylation sites is 1. The van der Waals surface area contributed by atoms with Crippen molar-refractivity contribution in [1.82, 2.24) is 0 Å². The molecule has 23 heavy (non-hydrogen) atoms. The molecule has 1 amide bonds. The average molecular weight is 307 g/mol. The van der Waals surface area contributed by atoms with Gasteiger partial charge in [-0.15, -0.1) is 0 Å². The van der Waals surface area contributed by atoms with E-state index < -0.39 is 0 Å². The number of hydrogen-bond donors (Lipinski definition) is 1. The van der Waals surface area contributed by atoms with Crippen LogP contribution in [-0.4, -0.2) is 11.7 Å². The monoisotopic (exact) mass is 307 g/mol. The van der Waals surface area contributed by atoms with Gasteiger partial charge in [-0.1, -0.05) is 42.5 Å². The van der Waals surface area contributed by atoms with E-state index in [0.29, 0.717) is 11.3 Å². The fourth-order valence-corrected chi connectivity index (χ4v) is 2.55. The van der Waals surface area contributed by atoms with E-state index in [1.807, 2.05) is 42.5 Å². The fraction of sp³-hybridized carbons (Fsp3) is 0.158. The summed E-state index contributed by atoms with van der Waals surface area (Å²) < 4.78 is 5.65. The first-order valence-electron chi connectivity index (χ1n) is 7.50. The maximum absolute atomic E-state index is 12.5. The summed E-state index contributed by atoms with van der Waals surface area (Å²) in [7, 11) is 0. The lowest BCUT2D eigenvalue weighted by Gasteiger charge is -2.06. The molecule has 1 aromatic carbocycles. The first-order chi connectivity index (χ1) is 11.1. The lowest BCUT2D eigenvalue weighted by Crippen LogP contribution is -2.09. The Hall–Kier alpha value is -2.88. The number of hydrogen-bond acceptors (Lipinski definition) is 3. The van der Waals surface area contributed by atoms with Crippen molar-refractivity contribution in [3.8, 4) is 0 Å². The Kier molecular flexibility index (Phi) is 4.24. The Labute approximate surface area is 134 Å². The smallest absolute Gasteiger partial charge is 0.222 e. The third-order valence-corrected chi connectivity index (χ3v) is 3.63. The van der Waals surface area contributed by atoms with Gasteiger partial charge in [-0.05, 0) is 30.5 Å². The fourth-order valence-electron chi connectivity index (χ4n) is 2.55. The summed E-state index contributed by atoms with van der Waals surface area (Å²) in [5, 5.41) is 3.42. The van der Waals surface area contributed by atoms with Crippen molar-refractivity contribution in [2.45, 2.75) is 13.3 Å². The molecule has 1 unspecified atom stereocenters. The minimum Gasteiger partial charge on any atom is -0.450 e. The number of nitrogens with one attached hydrogen (secondary N) is 1. The molecule has 0 spiro atoms. The van der Waals surface area contributed by atoms with E-state index in [9.17, 15) is 9.59 Å². The summed E-state index contributed by atoms with van der Waals surface area (Å²) in [6, 6.07) is 7.26. The maximum Gasteiger partial charge on any atom is 0.222 e. The summed E-state index contributed by atoms with van der Waals surface area (Å²) in [6.45, 7) is 1.41. The zero-order valence-corrected chi connectivity index (χ0v) is 12.8. The highest BCUT2D eigenvalue weighted by Gasteiger charge is 2.19. The molecule has 4 heteroatoms. The molecule has 0 saturated heterocycles. The van der Waals surface area contributed by atoms with Gasteiger partial charge in [0.25, 0.3) is 0 Å². The number of carbonyl (C=O) groups is 2. The number of rotatable bonds is 4. The third kappa shape index (κ3) is 3.31. The van der Waals surface area contributed by atoms with Crippen molar-refractivity contribution in [3.05, 3.63) is 66.5 Å². The molecule has 2 aromatic rings. The second kappa shape index (κ2) is 6.48. The van der Waals surface area contributed by atoms with Crippen LogP contribution >= 0.6 is 0 Å². The van der Waals surface area contributed by atoms with E-state index in [1.54, 1.807) is 6.07 Å². The van der Waals surface area contributed by atoms with Crippen molar-refractivity contribution < 1.29 is 14.0 Å². The maximum atomic E-state index is 12.5. The average Bonchev–Trinajstić information content (AvgIpc) is 2.92. The topological polar surface area (TPSA) is 59.3 Å². The van der Waals surface area contributed by atoms with Gasteiger partial charge >= 0.3 is 0 Å². The molecule has 1 heterocycles. The SMILES string of the molecule is CC(=O)Nc1c(C(=O)/C=C/C2C=CC=CC2)oc2ccccc12. The van der Waals surface area contributed by atoms with Crippen molar-refractivity contribution in [2.24, 2.45) is 5.92 Å². The molecule has 3 rings (SSSR count). The minimum absolute atomic E-state index is 0.160. The third-order valence-electron chi connectivity index (χ3n) is 3.63. The second-order valence-corrected chi connectivity index (χ2v) is 5.42. The Morgan fingerprint density at radius 1 is 1.26 bits per heavy atom. The van der Waals surface area contributed by atoms with Gasteiger partial charge in [-0.25, -0.2) is 0 Å². The lowest BCUT2D eigenvalue weighted by atomic mass is 10.00. The predicted molar refractivity (Wildman–Crippen MR) is 90.4 cm³/mol. The number of ketones is 1. The number of benzene rings is 1. The number of amides is 1. The summed E-state index contributed by atoms with van der Waals surface area (Å²) in [6.07, 6.45) is 12.3. The zero-order chi connectivity index (χ0) is 16.2. The molecule has 1 N–H and O–H groups in total.